The molecule has 6 heteroatoms. The summed E-state index contributed by atoms with van der Waals surface area (Å²) in [6.07, 6.45) is 1.68. The number of nitrogens with one attached hydrogen (secondary N) is 1. The third kappa shape index (κ3) is 1.60. The van der Waals surface area contributed by atoms with E-state index in [1.807, 2.05) is 6.92 Å². The quantitative estimate of drug-likeness (QED) is 0.696. The summed E-state index contributed by atoms with van der Waals surface area (Å²) in [5, 5.41) is 6.72. The number of aromatic nitrogens is 5. The molecule has 2 heterocycles. The summed E-state index contributed by atoms with van der Waals surface area (Å²) in [5.74, 6) is 1.90. The van der Waals surface area contributed by atoms with Gasteiger partial charge >= 0.3 is 0 Å². The summed E-state index contributed by atoms with van der Waals surface area (Å²) in [4.78, 5) is 12.3. The van der Waals surface area contributed by atoms with Gasteiger partial charge < -0.3 is 5.73 Å². The van der Waals surface area contributed by atoms with Crippen LogP contribution in [0.4, 0.5) is 0 Å². The molecule has 2 rings (SSSR count). The Morgan fingerprint density at radius 3 is 2.93 bits per heavy atom. The van der Waals surface area contributed by atoms with E-state index in [-0.39, 0.29) is 0 Å². The molecule has 0 aliphatic rings. The van der Waals surface area contributed by atoms with Gasteiger partial charge in [-0.05, 0) is 13.0 Å². The van der Waals surface area contributed by atoms with Gasteiger partial charge in [0.1, 0.15) is 17.3 Å². The number of H-pyrrole nitrogens is 1. The van der Waals surface area contributed by atoms with E-state index < -0.39 is 0 Å². The Labute approximate surface area is 80.6 Å². The summed E-state index contributed by atoms with van der Waals surface area (Å²) in [5.41, 5.74) is 6.11. The number of hydrogen-bond acceptors (Lipinski definition) is 5. The Bertz CT molecular complexity index is 435. The molecule has 0 unspecified atom stereocenters. The molecule has 0 radical (unpaired) electrons. The van der Waals surface area contributed by atoms with Crippen molar-refractivity contribution in [1.29, 1.82) is 0 Å². The van der Waals surface area contributed by atoms with Gasteiger partial charge in [0, 0.05) is 6.20 Å². The second-order valence-electron chi connectivity index (χ2n) is 2.80. The molecule has 6 nitrogen and oxygen atoms in total. The molecule has 0 saturated carbocycles. The van der Waals surface area contributed by atoms with Crippen molar-refractivity contribution in [3.8, 4) is 11.5 Å². The highest BCUT2D eigenvalue weighted by Crippen LogP contribution is 2.09. The van der Waals surface area contributed by atoms with Crippen molar-refractivity contribution in [3.05, 3.63) is 23.9 Å². The van der Waals surface area contributed by atoms with Crippen molar-refractivity contribution in [1.82, 2.24) is 25.1 Å². The van der Waals surface area contributed by atoms with E-state index in [1.165, 1.54) is 0 Å². The van der Waals surface area contributed by atoms with Crippen LogP contribution < -0.4 is 5.73 Å². The zero-order valence-electron chi connectivity index (χ0n) is 7.73. The summed E-state index contributed by atoms with van der Waals surface area (Å²) >= 11 is 0. The zero-order chi connectivity index (χ0) is 9.97. The largest absolute Gasteiger partial charge is 0.324 e. The molecule has 72 valence electrons. The van der Waals surface area contributed by atoms with E-state index in [0.29, 0.717) is 29.7 Å². The summed E-state index contributed by atoms with van der Waals surface area (Å²) in [6, 6.07) is 1.76. The van der Waals surface area contributed by atoms with Crippen molar-refractivity contribution in [2.45, 2.75) is 13.5 Å². The van der Waals surface area contributed by atoms with Crippen molar-refractivity contribution in [3.63, 3.8) is 0 Å². The molecule has 0 saturated heterocycles. The predicted molar refractivity (Wildman–Crippen MR) is 50.0 cm³/mol. The maximum Gasteiger partial charge on any atom is 0.199 e. The van der Waals surface area contributed by atoms with Crippen LogP contribution in [0.1, 0.15) is 11.6 Å². The molecule has 0 amide bonds. The molecule has 2 aromatic heterocycles. The third-order valence-corrected chi connectivity index (χ3v) is 1.73. The van der Waals surface area contributed by atoms with Crippen LogP contribution in [0, 0.1) is 6.92 Å². The van der Waals surface area contributed by atoms with Gasteiger partial charge in [-0.2, -0.15) is 5.10 Å². The highest BCUT2D eigenvalue weighted by Gasteiger charge is 2.05. The van der Waals surface area contributed by atoms with Crippen molar-refractivity contribution in [2.24, 2.45) is 5.73 Å². The van der Waals surface area contributed by atoms with Gasteiger partial charge in [0.15, 0.2) is 5.82 Å². The van der Waals surface area contributed by atoms with E-state index in [2.05, 4.69) is 25.1 Å². The molecule has 0 fully saturated rings. The highest BCUT2D eigenvalue weighted by atomic mass is 15.2. The molecule has 0 bridgehead atoms. The Hall–Kier alpha value is -1.82. The van der Waals surface area contributed by atoms with E-state index in [4.69, 9.17) is 5.73 Å². The highest BCUT2D eigenvalue weighted by molar-refractivity contribution is 5.47. The lowest BCUT2D eigenvalue weighted by molar-refractivity contribution is 0.917. The summed E-state index contributed by atoms with van der Waals surface area (Å²) < 4.78 is 0. The second kappa shape index (κ2) is 3.51. The number of hydrogen-bond donors (Lipinski definition) is 2. The SMILES string of the molecule is Cc1nccc(-c2n[nH]c(CN)n2)n1. The fraction of sp³-hybridized carbons (Fsp3) is 0.250. The van der Waals surface area contributed by atoms with Gasteiger partial charge in [-0.3, -0.25) is 5.10 Å². The Morgan fingerprint density at radius 1 is 1.43 bits per heavy atom. The van der Waals surface area contributed by atoms with Gasteiger partial charge in [0.25, 0.3) is 0 Å². The first kappa shape index (κ1) is 8.76. The predicted octanol–water partition coefficient (Wildman–Crippen LogP) is 0.0288. The smallest absolute Gasteiger partial charge is 0.199 e. The fourth-order valence-corrected chi connectivity index (χ4v) is 1.08. The maximum atomic E-state index is 5.40. The lowest BCUT2D eigenvalue weighted by Gasteiger charge is -1.94. The average Bonchev–Trinajstić information content (AvgIpc) is 2.66. The average molecular weight is 190 g/mol. The normalized spacial score (nSPS) is 10.4. The zero-order valence-corrected chi connectivity index (χ0v) is 7.73. The van der Waals surface area contributed by atoms with Crippen LogP contribution in [0.25, 0.3) is 11.5 Å². The minimum Gasteiger partial charge on any atom is -0.324 e. The van der Waals surface area contributed by atoms with Crippen LogP contribution in [0.15, 0.2) is 12.3 Å². The van der Waals surface area contributed by atoms with E-state index in [9.17, 15) is 0 Å². The molecule has 2 aromatic rings. The second-order valence-corrected chi connectivity index (χ2v) is 2.80. The van der Waals surface area contributed by atoms with Crippen LogP contribution in [0.3, 0.4) is 0 Å². The molecule has 0 atom stereocenters. The first-order valence-corrected chi connectivity index (χ1v) is 4.21. The standard InChI is InChI=1S/C8H10N6/c1-5-10-3-2-6(11-5)8-12-7(4-9)13-14-8/h2-3H,4,9H2,1H3,(H,12,13,14). The monoisotopic (exact) mass is 190 g/mol. The van der Waals surface area contributed by atoms with Crippen LogP contribution in [-0.2, 0) is 6.54 Å². The maximum absolute atomic E-state index is 5.40. The Morgan fingerprint density at radius 2 is 2.29 bits per heavy atom. The first-order valence-electron chi connectivity index (χ1n) is 4.21. The fourth-order valence-electron chi connectivity index (χ4n) is 1.08. The van der Waals surface area contributed by atoms with Gasteiger partial charge in [-0.1, -0.05) is 0 Å². The van der Waals surface area contributed by atoms with Crippen molar-refractivity contribution >= 4 is 0 Å². The minimum absolute atomic E-state index is 0.344. The van der Waals surface area contributed by atoms with Gasteiger partial charge in [0.05, 0.1) is 6.54 Å². The number of aromatic amines is 1. The molecular weight excluding hydrogens is 180 g/mol. The van der Waals surface area contributed by atoms with E-state index in [0.717, 1.165) is 0 Å². The number of aryl methyl sites for hydroxylation is 1. The van der Waals surface area contributed by atoms with Crippen LogP contribution >= 0.6 is 0 Å². The summed E-state index contributed by atoms with van der Waals surface area (Å²) in [6.45, 7) is 2.16. The lowest BCUT2D eigenvalue weighted by Crippen LogP contribution is -1.98. The number of nitrogens with two attached hydrogens (primary N) is 1. The molecule has 3 N–H and O–H groups in total. The van der Waals surface area contributed by atoms with Crippen molar-refractivity contribution < 1.29 is 0 Å². The summed E-state index contributed by atoms with van der Waals surface area (Å²) in [7, 11) is 0. The molecule has 0 spiro atoms. The van der Waals surface area contributed by atoms with E-state index >= 15 is 0 Å². The lowest BCUT2D eigenvalue weighted by atomic mass is 10.4. The molecule has 0 aliphatic carbocycles. The van der Waals surface area contributed by atoms with Crippen LogP contribution in [-0.4, -0.2) is 25.1 Å². The van der Waals surface area contributed by atoms with Gasteiger partial charge in [-0.15, -0.1) is 0 Å². The third-order valence-electron chi connectivity index (χ3n) is 1.73. The molecule has 14 heavy (non-hydrogen) atoms. The van der Waals surface area contributed by atoms with E-state index in [1.54, 1.807) is 12.3 Å². The molecule has 0 aromatic carbocycles. The van der Waals surface area contributed by atoms with Gasteiger partial charge in [-0.25, -0.2) is 15.0 Å². The number of nitrogens with zero attached hydrogens (tertiary/aromatic N) is 4. The first-order chi connectivity index (χ1) is 6.79. The molecular formula is C8H10N6. The Balaban J connectivity index is 2.39. The Kier molecular flexibility index (Phi) is 2.19. The minimum atomic E-state index is 0.344. The number of rotatable bonds is 2. The van der Waals surface area contributed by atoms with Crippen molar-refractivity contribution in [2.75, 3.05) is 0 Å². The topological polar surface area (TPSA) is 93.4 Å². The van der Waals surface area contributed by atoms with Crippen LogP contribution in [0.2, 0.25) is 0 Å². The van der Waals surface area contributed by atoms with Crippen LogP contribution in [0.5, 0.6) is 0 Å². The van der Waals surface area contributed by atoms with Gasteiger partial charge in [0.2, 0.25) is 0 Å². The molecule has 0 aliphatic heterocycles.